The Hall–Kier alpha value is -1.28. The molecule has 0 aromatic carbocycles. The van der Waals surface area contributed by atoms with E-state index in [1.54, 1.807) is 13.8 Å². The Kier molecular flexibility index (Phi) is 7.47. The first kappa shape index (κ1) is 17.7. The third-order valence-electron chi connectivity index (χ3n) is 2.62. The molecule has 0 aromatic rings. The molecule has 0 saturated heterocycles. The Labute approximate surface area is 117 Å². The number of nitrogens with two attached hydrogens (primary N) is 1. The maximum Gasteiger partial charge on any atom is 0.327 e. The summed E-state index contributed by atoms with van der Waals surface area (Å²) in [6.07, 6.45) is -0.139. The number of thiol groups is 1. The Balaban J connectivity index is 4.76. The van der Waals surface area contributed by atoms with E-state index in [9.17, 15) is 14.4 Å². The van der Waals surface area contributed by atoms with Gasteiger partial charge in [0, 0.05) is 18.2 Å². The van der Waals surface area contributed by atoms with Gasteiger partial charge in [0.15, 0.2) is 0 Å². The minimum Gasteiger partial charge on any atom is -0.480 e. The van der Waals surface area contributed by atoms with Crippen LogP contribution < -0.4 is 5.73 Å². The molecule has 0 spiro atoms. The molecule has 2 atom stereocenters. The second-order valence-corrected chi connectivity index (χ2v) is 4.78. The molecular weight excluding hydrogens is 272 g/mol. The summed E-state index contributed by atoms with van der Waals surface area (Å²) in [5.41, 5.74) is 5.31. The quantitative estimate of drug-likeness (QED) is 0.460. The van der Waals surface area contributed by atoms with Crippen molar-refractivity contribution in [3.05, 3.63) is 0 Å². The number of carboxylic acid groups (broad SMARTS) is 2. The number of carbonyl (C=O) groups excluding carboxylic acids is 1. The molecule has 0 rings (SSSR count). The van der Waals surface area contributed by atoms with Crippen molar-refractivity contribution < 1.29 is 24.6 Å². The number of nitrogens with zero attached hydrogens (tertiary/aromatic N) is 1. The van der Waals surface area contributed by atoms with Crippen molar-refractivity contribution >= 4 is 30.5 Å². The fourth-order valence-corrected chi connectivity index (χ4v) is 1.97. The van der Waals surface area contributed by atoms with Gasteiger partial charge in [0.2, 0.25) is 5.91 Å². The molecule has 4 N–H and O–H groups in total. The van der Waals surface area contributed by atoms with Crippen molar-refractivity contribution in [2.24, 2.45) is 5.73 Å². The first-order valence-electron chi connectivity index (χ1n) is 5.85. The molecule has 110 valence electrons. The zero-order chi connectivity index (χ0) is 15.2. The van der Waals surface area contributed by atoms with E-state index in [1.165, 1.54) is 4.90 Å². The largest absolute Gasteiger partial charge is 0.480 e. The van der Waals surface area contributed by atoms with Crippen LogP contribution in [0.5, 0.6) is 0 Å². The number of carboxylic acids is 2. The van der Waals surface area contributed by atoms with E-state index >= 15 is 0 Å². The third-order valence-corrected chi connectivity index (χ3v) is 2.97. The summed E-state index contributed by atoms with van der Waals surface area (Å²) in [5, 5.41) is 17.7. The van der Waals surface area contributed by atoms with E-state index in [4.69, 9.17) is 15.9 Å². The number of hydrogen-bond acceptors (Lipinski definition) is 5. The minimum absolute atomic E-state index is 0.00969. The first-order chi connectivity index (χ1) is 8.72. The zero-order valence-electron chi connectivity index (χ0n) is 10.9. The van der Waals surface area contributed by atoms with Gasteiger partial charge in [0.25, 0.3) is 0 Å². The monoisotopic (exact) mass is 292 g/mol. The van der Waals surface area contributed by atoms with Gasteiger partial charge >= 0.3 is 11.9 Å². The van der Waals surface area contributed by atoms with Crippen LogP contribution in [0.4, 0.5) is 0 Å². The molecule has 8 heteroatoms. The molecule has 7 nitrogen and oxygen atoms in total. The van der Waals surface area contributed by atoms with Crippen LogP contribution in [0.2, 0.25) is 0 Å². The van der Waals surface area contributed by atoms with Crippen LogP contribution in [-0.2, 0) is 14.4 Å². The molecule has 0 heterocycles. The van der Waals surface area contributed by atoms with Crippen LogP contribution in [0.1, 0.15) is 26.7 Å². The molecule has 1 amide bonds. The van der Waals surface area contributed by atoms with Crippen molar-refractivity contribution in [1.82, 2.24) is 4.90 Å². The van der Waals surface area contributed by atoms with Gasteiger partial charge in [-0.25, -0.2) is 4.79 Å². The molecule has 0 fully saturated rings. The maximum absolute atomic E-state index is 12.0. The second kappa shape index (κ2) is 8.00. The smallest absolute Gasteiger partial charge is 0.327 e. The lowest BCUT2D eigenvalue weighted by Gasteiger charge is -2.32. The highest BCUT2D eigenvalue weighted by molar-refractivity contribution is 7.80. The van der Waals surface area contributed by atoms with Crippen LogP contribution in [0.25, 0.3) is 0 Å². The van der Waals surface area contributed by atoms with Crippen molar-refractivity contribution in [3.8, 4) is 0 Å². The number of hydrogen-bond donors (Lipinski definition) is 4. The first-order valence-corrected chi connectivity index (χ1v) is 6.48. The van der Waals surface area contributed by atoms with Crippen LogP contribution in [0.3, 0.4) is 0 Å². The predicted molar refractivity (Wildman–Crippen MR) is 72.1 cm³/mol. The van der Waals surface area contributed by atoms with Gasteiger partial charge in [-0.05, 0) is 20.3 Å². The molecule has 0 aliphatic heterocycles. The number of aliphatic carboxylic acids is 2. The lowest BCUT2D eigenvalue weighted by Crippen LogP contribution is -2.50. The van der Waals surface area contributed by atoms with Gasteiger partial charge in [-0.3, -0.25) is 9.59 Å². The lowest BCUT2D eigenvalue weighted by molar-refractivity contribution is -0.151. The Morgan fingerprint density at radius 2 is 1.74 bits per heavy atom. The van der Waals surface area contributed by atoms with Gasteiger partial charge in [-0.2, -0.15) is 12.6 Å². The van der Waals surface area contributed by atoms with Gasteiger partial charge in [0.05, 0.1) is 0 Å². The molecular formula is C11H20N2O5S. The molecule has 19 heavy (non-hydrogen) atoms. The normalized spacial score (nSPS) is 13.9. The summed E-state index contributed by atoms with van der Waals surface area (Å²) in [4.78, 5) is 34.8. The van der Waals surface area contributed by atoms with E-state index < -0.39 is 29.9 Å². The van der Waals surface area contributed by atoms with Crippen molar-refractivity contribution in [2.75, 3.05) is 5.75 Å². The van der Waals surface area contributed by atoms with Gasteiger partial charge < -0.3 is 20.8 Å². The topological polar surface area (TPSA) is 121 Å². The minimum atomic E-state index is -1.19. The molecule has 0 aliphatic rings. The van der Waals surface area contributed by atoms with Crippen molar-refractivity contribution in [1.29, 1.82) is 0 Å². The summed E-state index contributed by atoms with van der Waals surface area (Å²) in [5.74, 6) is -2.77. The average molecular weight is 292 g/mol. The summed E-state index contributed by atoms with van der Waals surface area (Å²) in [7, 11) is 0. The Morgan fingerprint density at radius 1 is 1.21 bits per heavy atom. The lowest BCUT2D eigenvalue weighted by atomic mass is 10.1. The molecule has 0 radical (unpaired) electrons. The SMILES string of the molecule is CC(C)N(C(=O)CC[C@H](N)C(=O)O)[C@@H](CS)C(=O)O. The molecule has 0 saturated carbocycles. The standard InChI is InChI=1S/C11H20N2O5S/c1-6(2)13(8(5-19)11(17)18)9(14)4-3-7(12)10(15)16/h6-8,19H,3-5,12H2,1-2H3,(H,15,16)(H,17,18)/t7-,8-/m0/s1. The molecule has 0 aliphatic carbocycles. The summed E-state index contributed by atoms with van der Waals surface area (Å²) in [6.45, 7) is 3.38. The molecule has 0 aromatic heterocycles. The fraction of sp³-hybridized carbons (Fsp3) is 0.727. The predicted octanol–water partition coefficient (Wildman–Crippen LogP) is -0.201. The van der Waals surface area contributed by atoms with Gasteiger partial charge in [0.1, 0.15) is 12.1 Å². The average Bonchev–Trinajstić information content (AvgIpc) is 2.30. The summed E-state index contributed by atoms with van der Waals surface area (Å²) >= 11 is 3.93. The van der Waals surface area contributed by atoms with Crippen LogP contribution in [0, 0.1) is 0 Å². The van der Waals surface area contributed by atoms with Gasteiger partial charge in [-0.15, -0.1) is 0 Å². The fourth-order valence-electron chi connectivity index (χ4n) is 1.64. The Bertz CT molecular complexity index is 348. The second-order valence-electron chi connectivity index (χ2n) is 4.41. The number of rotatable bonds is 8. The van der Waals surface area contributed by atoms with Crippen molar-refractivity contribution in [3.63, 3.8) is 0 Å². The summed E-state index contributed by atoms with van der Waals surface area (Å²) < 4.78 is 0. The Morgan fingerprint density at radius 3 is 2.05 bits per heavy atom. The maximum atomic E-state index is 12.0. The molecule has 0 unspecified atom stereocenters. The number of amides is 1. The van der Waals surface area contributed by atoms with Crippen LogP contribution in [-0.4, -0.2) is 56.8 Å². The van der Waals surface area contributed by atoms with E-state index in [2.05, 4.69) is 12.6 Å². The van der Waals surface area contributed by atoms with Crippen LogP contribution in [0.15, 0.2) is 0 Å². The van der Waals surface area contributed by atoms with E-state index in [1.807, 2.05) is 0 Å². The zero-order valence-corrected chi connectivity index (χ0v) is 11.8. The molecule has 0 bridgehead atoms. The van der Waals surface area contributed by atoms with E-state index in [-0.39, 0.29) is 24.6 Å². The van der Waals surface area contributed by atoms with Crippen LogP contribution >= 0.6 is 12.6 Å². The number of carbonyl (C=O) groups is 3. The van der Waals surface area contributed by atoms with E-state index in [0.717, 1.165) is 0 Å². The summed E-state index contributed by atoms with van der Waals surface area (Å²) in [6, 6.07) is -2.48. The van der Waals surface area contributed by atoms with E-state index in [0.29, 0.717) is 0 Å². The highest BCUT2D eigenvalue weighted by Gasteiger charge is 2.30. The van der Waals surface area contributed by atoms with Gasteiger partial charge in [-0.1, -0.05) is 0 Å². The highest BCUT2D eigenvalue weighted by atomic mass is 32.1. The highest BCUT2D eigenvalue weighted by Crippen LogP contribution is 2.12. The third kappa shape index (κ3) is 5.48. The van der Waals surface area contributed by atoms with Crippen molar-refractivity contribution in [2.45, 2.75) is 44.8 Å².